The van der Waals surface area contributed by atoms with E-state index in [-0.39, 0.29) is 24.5 Å². The maximum absolute atomic E-state index is 11.8. The Bertz CT molecular complexity index is 420. The Kier molecular flexibility index (Phi) is 6.60. The van der Waals surface area contributed by atoms with Gasteiger partial charge in [-0.2, -0.15) is 0 Å². The molecule has 122 valence electrons. The summed E-state index contributed by atoms with van der Waals surface area (Å²) in [5, 5.41) is 0. The SMILES string of the molecule is CC(C)C(=O)OCC1CCCN1C(=O)OCOP(=O)(O)O. The van der Waals surface area contributed by atoms with Crippen molar-refractivity contribution in [2.75, 3.05) is 19.9 Å². The number of amides is 1. The Balaban J connectivity index is 2.40. The molecule has 1 atom stereocenters. The number of esters is 1. The van der Waals surface area contributed by atoms with Crippen LogP contribution < -0.4 is 0 Å². The molecule has 0 aromatic rings. The molecule has 21 heavy (non-hydrogen) atoms. The molecule has 0 bridgehead atoms. The summed E-state index contributed by atoms with van der Waals surface area (Å²) in [6.45, 7) is 3.09. The molecule has 1 aliphatic heterocycles. The van der Waals surface area contributed by atoms with Gasteiger partial charge in [-0.25, -0.2) is 13.9 Å². The molecule has 9 nitrogen and oxygen atoms in total. The van der Waals surface area contributed by atoms with Crippen LogP contribution in [0.3, 0.4) is 0 Å². The molecule has 1 fully saturated rings. The van der Waals surface area contributed by atoms with Crippen LogP contribution in [-0.2, 0) is 23.4 Å². The summed E-state index contributed by atoms with van der Waals surface area (Å²) in [4.78, 5) is 41.4. The molecule has 0 aromatic carbocycles. The van der Waals surface area contributed by atoms with E-state index in [1.165, 1.54) is 4.90 Å². The zero-order valence-electron chi connectivity index (χ0n) is 11.9. The first-order valence-corrected chi connectivity index (χ1v) is 8.04. The van der Waals surface area contributed by atoms with E-state index in [2.05, 4.69) is 9.26 Å². The standard InChI is InChI=1S/C11H20NO8P/c1-8(2)10(13)18-6-9-4-3-5-12(9)11(14)19-7-20-21(15,16)17/h8-9H,3-7H2,1-2H3,(H2,15,16,17). The van der Waals surface area contributed by atoms with Crippen molar-refractivity contribution in [3.05, 3.63) is 0 Å². The van der Waals surface area contributed by atoms with E-state index in [4.69, 9.17) is 14.5 Å². The molecule has 0 aromatic heterocycles. The van der Waals surface area contributed by atoms with Gasteiger partial charge in [-0.05, 0) is 12.8 Å². The van der Waals surface area contributed by atoms with Gasteiger partial charge in [0, 0.05) is 6.54 Å². The smallest absolute Gasteiger partial charge is 0.463 e. The molecular formula is C11H20NO8P. The molecule has 0 spiro atoms. The number of phosphoric acid groups is 1. The second kappa shape index (κ2) is 7.74. The van der Waals surface area contributed by atoms with Crippen LogP contribution in [0.1, 0.15) is 26.7 Å². The number of carbonyl (C=O) groups excluding carboxylic acids is 2. The van der Waals surface area contributed by atoms with Crippen molar-refractivity contribution >= 4 is 19.9 Å². The average molecular weight is 325 g/mol. The van der Waals surface area contributed by atoms with Crippen molar-refractivity contribution in [1.29, 1.82) is 0 Å². The van der Waals surface area contributed by atoms with E-state index in [9.17, 15) is 14.2 Å². The van der Waals surface area contributed by atoms with Crippen LogP contribution >= 0.6 is 7.82 Å². The highest BCUT2D eigenvalue weighted by molar-refractivity contribution is 7.46. The van der Waals surface area contributed by atoms with Crippen LogP contribution in [0.25, 0.3) is 0 Å². The van der Waals surface area contributed by atoms with E-state index in [1.54, 1.807) is 13.8 Å². The van der Waals surface area contributed by atoms with E-state index >= 15 is 0 Å². The van der Waals surface area contributed by atoms with Crippen LogP contribution in [0.2, 0.25) is 0 Å². The molecule has 1 aliphatic rings. The Morgan fingerprint density at radius 1 is 1.33 bits per heavy atom. The second-order valence-corrected chi connectivity index (χ2v) is 6.16. The van der Waals surface area contributed by atoms with Gasteiger partial charge in [0.2, 0.25) is 6.79 Å². The lowest BCUT2D eigenvalue weighted by Crippen LogP contribution is -2.39. The minimum atomic E-state index is -4.67. The summed E-state index contributed by atoms with van der Waals surface area (Å²) in [7, 11) is -4.67. The van der Waals surface area contributed by atoms with Crippen molar-refractivity contribution < 1.29 is 37.9 Å². The minimum Gasteiger partial charge on any atom is -0.463 e. The quantitative estimate of drug-likeness (QED) is 0.419. The number of rotatable bonds is 6. The second-order valence-electron chi connectivity index (χ2n) is 4.92. The molecule has 0 radical (unpaired) electrons. The normalized spacial score (nSPS) is 18.9. The number of ether oxygens (including phenoxy) is 2. The number of hydrogen-bond acceptors (Lipinski definition) is 6. The average Bonchev–Trinajstić information content (AvgIpc) is 2.82. The summed E-state index contributed by atoms with van der Waals surface area (Å²) < 4.78 is 24.2. The molecule has 1 unspecified atom stereocenters. The third kappa shape index (κ3) is 6.43. The zero-order chi connectivity index (χ0) is 16.0. The first-order chi connectivity index (χ1) is 9.70. The number of carbonyl (C=O) groups is 2. The zero-order valence-corrected chi connectivity index (χ0v) is 12.8. The summed E-state index contributed by atoms with van der Waals surface area (Å²) in [5.41, 5.74) is 0. The fraction of sp³-hybridized carbons (Fsp3) is 0.818. The summed E-state index contributed by atoms with van der Waals surface area (Å²) >= 11 is 0. The highest BCUT2D eigenvalue weighted by Crippen LogP contribution is 2.35. The van der Waals surface area contributed by atoms with Crippen molar-refractivity contribution in [3.8, 4) is 0 Å². The number of nitrogens with zero attached hydrogens (tertiary/aromatic N) is 1. The molecule has 0 aliphatic carbocycles. The van der Waals surface area contributed by atoms with Gasteiger partial charge in [-0.15, -0.1) is 0 Å². The van der Waals surface area contributed by atoms with E-state index in [1.807, 2.05) is 0 Å². The van der Waals surface area contributed by atoms with Gasteiger partial charge in [0.1, 0.15) is 6.61 Å². The van der Waals surface area contributed by atoms with Crippen LogP contribution in [0.4, 0.5) is 4.79 Å². The maximum Gasteiger partial charge on any atom is 0.472 e. The first-order valence-electron chi connectivity index (χ1n) is 6.51. The molecule has 0 saturated carbocycles. The van der Waals surface area contributed by atoms with Crippen molar-refractivity contribution in [3.63, 3.8) is 0 Å². The van der Waals surface area contributed by atoms with Gasteiger partial charge in [0.05, 0.1) is 12.0 Å². The number of hydrogen-bond donors (Lipinski definition) is 2. The Morgan fingerprint density at radius 3 is 2.57 bits per heavy atom. The van der Waals surface area contributed by atoms with Crippen LogP contribution in [0.5, 0.6) is 0 Å². The number of phosphoric ester groups is 1. The van der Waals surface area contributed by atoms with Crippen molar-refractivity contribution in [2.24, 2.45) is 5.92 Å². The molecule has 1 heterocycles. The van der Waals surface area contributed by atoms with Crippen molar-refractivity contribution in [1.82, 2.24) is 4.90 Å². The van der Waals surface area contributed by atoms with Gasteiger partial charge in [0.15, 0.2) is 0 Å². The fourth-order valence-electron chi connectivity index (χ4n) is 1.82. The highest BCUT2D eigenvalue weighted by atomic mass is 31.2. The maximum atomic E-state index is 11.8. The Morgan fingerprint density at radius 2 is 2.00 bits per heavy atom. The largest absolute Gasteiger partial charge is 0.472 e. The lowest BCUT2D eigenvalue weighted by Gasteiger charge is -2.23. The number of likely N-dealkylation sites (tertiary alicyclic amines) is 1. The van der Waals surface area contributed by atoms with Crippen molar-refractivity contribution in [2.45, 2.75) is 32.7 Å². The van der Waals surface area contributed by atoms with Gasteiger partial charge < -0.3 is 24.2 Å². The predicted octanol–water partition coefficient (Wildman–Crippen LogP) is 0.853. The summed E-state index contributed by atoms with van der Waals surface area (Å²) in [5.74, 6) is -0.594. The molecule has 1 amide bonds. The minimum absolute atomic E-state index is 0.0749. The van der Waals surface area contributed by atoms with Crippen LogP contribution in [0.15, 0.2) is 0 Å². The fourth-order valence-corrected chi connectivity index (χ4v) is 2.01. The topological polar surface area (TPSA) is 123 Å². The van der Waals surface area contributed by atoms with Gasteiger partial charge in [-0.1, -0.05) is 13.8 Å². The lowest BCUT2D eigenvalue weighted by atomic mass is 10.2. The lowest BCUT2D eigenvalue weighted by molar-refractivity contribution is -0.148. The first kappa shape index (κ1) is 17.9. The van der Waals surface area contributed by atoms with E-state index in [0.717, 1.165) is 6.42 Å². The summed E-state index contributed by atoms with van der Waals surface area (Å²) in [6.07, 6.45) is 0.643. The molecule has 1 saturated heterocycles. The van der Waals surface area contributed by atoms with E-state index in [0.29, 0.717) is 13.0 Å². The van der Waals surface area contributed by atoms with Gasteiger partial charge in [0.25, 0.3) is 0 Å². The molecule has 2 N–H and O–H groups in total. The molecular weight excluding hydrogens is 305 g/mol. The monoisotopic (exact) mass is 325 g/mol. The predicted molar refractivity (Wildman–Crippen MR) is 70.0 cm³/mol. The van der Waals surface area contributed by atoms with Gasteiger partial charge >= 0.3 is 19.9 Å². The third-order valence-electron chi connectivity index (χ3n) is 2.90. The van der Waals surface area contributed by atoms with E-state index < -0.39 is 20.7 Å². The third-order valence-corrected chi connectivity index (χ3v) is 3.35. The molecule has 1 rings (SSSR count). The highest BCUT2D eigenvalue weighted by Gasteiger charge is 2.31. The van der Waals surface area contributed by atoms with Crippen LogP contribution in [0, 0.1) is 5.92 Å². The van der Waals surface area contributed by atoms with Gasteiger partial charge in [-0.3, -0.25) is 4.79 Å². The molecule has 10 heteroatoms. The Labute approximate surface area is 122 Å². The Hall–Kier alpha value is -1.15. The summed E-state index contributed by atoms with van der Waals surface area (Å²) in [6, 6.07) is -0.296. The van der Waals surface area contributed by atoms with Crippen LogP contribution in [-0.4, -0.2) is 52.7 Å².